The summed E-state index contributed by atoms with van der Waals surface area (Å²) in [4.78, 5) is 18.5. The van der Waals surface area contributed by atoms with E-state index in [1.165, 1.54) is 31.4 Å². The van der Waals surface area contributed by atoms with Crippen LogP contribution in [0.1, 0.15) is 45.4 Å². The van der Waals surface area contributed by atoms with Crippen LogP contribution in [0.25, 0.3) is 32.9 Å². The van der Waals surface area contributed by atoms with Crippen LogP contribution in [0, 0.1) is 23.0 Å². The Labute approximate surface area is 295 Å². The standard InChI is InChI=1S/C38H45F2N5O6/c1-37(47)20-45(13-15-50-21-37)34-30-33(31(40)32(41-35(30)48-2)26-17-25(46)16-24-6-3-7-27(39)29(24)26)42-36(43-34)51-22-38-10-4-8-28(38)44(12-5-11-38)18-23-9-14-49-19-23/h3,6-7,16-17,23,28,46-47H,4-5,8-15,18-22H2,1-2H3/t23?,28-,37+,38-/m1/s1. The topological polar surface area (TPSA) is 123 Å². The van der Waals surface area contributed by atoms with Gasteiger partial charge in [-0.25, -0.2) is 13.8 Å². The number of hydrogen-bond donors (Lipinski definition) is 2. The Hall–Kier alpha value is -3.91. The molecule has 272 valence electrons. The van der Waals surface area contributed by atoms with Gasteiger partial charge in [0.15, 0.2) is 5.82 Å². The molecule has 2 N–H and O–H groups in total. The fourth-order valence-electron chi connectivity index (χ4n) is 8.96. The van der Waals surface area contributed by atoms with Crippen LogP contribution in [-0.4, -0.2) is 108 Å². The molecule has 2 aromatic carbocycles. The van der Waals surface area contributed by atoms with Gasteiger partial charge in [-0.1, -0.05) is 18.6 Å². The molecule has 11 nitrogen and oxygen atoms in total. The molecule has 3 saturated heterocycles. The number of halogens is 2. The monoisotopic (exact) mass is 705 g/mol. The minimum Gasteiger partial charge on any atom is -0.508 e. The molecule has 0 radical (unpaired) electrons. The molecule has 1 unspecified atom stereocenters. The number of aromatic nitrogens is 3. The Kier molecular flexibility index (Phi) is 9.10. The molecule has 4 aromatic rings. The number of aromatic hydroxyl groups is 1. The highest BCUT2D eigenvalue weighted by atomic mass is 19.1. The molecule has 4 aliphatic rings. The Bertz CT molecular complexity index is 1940. The summed E-state index contributed by atoms with van der Waals surface area (Å²) in [6.45, 7) is 6.67. The predicted octanol–water partition coefficient (Wildman–Crippen LogP) is 5.48. The predicted molar refractivity (Wildman–Crippen MR) is 187 cm³/mol. The average Bonchev–Trinajstić information content (AvgIpc) is 3.75. The Balaban J connectivity index is 1.24. The number of nitrogens with zero attached hydrogens (tertiary/aromatic N) is 5. The van der Waals surface area contributed by atoms with Gasteiger partial charge < -0.3 is 34.1 Å². The van der Waals surface area contributed by atoms with Crippen molar-refractivity contribution >= 4 is 27.5 Å². The van der Waals surface area contributed by atoms with Gasteiger partial charge in [0.1, 0.15) is 39.6 Å². The Morgan fingerprint density at radius 2 is 1.88 bits per heavy atom. The fraction of sp³-hybridized carbons (Fsp3) is 0.553. The lowest BCUT2D eigenvalue weighted by Crippen LogP contribution is -2.53. The van der Waals surface area contributed by atoms with Gasteiger partial charge >= 0.3 is 6.01 Å². The van der Waals surface area contributed by atoms with Crippen LogP contribution in [0.3, 0.4) is 0 Å². The van der Waals surface area contributed by atoms with Gasteiger partial charge in [0.2, 0.25) is 5.88 Å². The van der Waals surface area contributed by atoms with E-state index in [2.05, 4.69) is 14.9 Å². The van der Waals surface area contributed by atoms with Crippen LogP contribution < -0.4 is 14.4 Å². The minimum absolute atomic E-state index is 0.00583. The van der Waals surface area contributed by atoms with Crippen molar-refractivity contribution in [3.63, 3.8) is 0 Å². The van der Waals surface area contributed by atoms with E-state index < -0.39 is 17.2 Å². The number of phenolic OH excluding ortho intramolecular Hbond substituents is 1. The molecule has 4 fully saturated rings. The van der Waals surface area contributed by atoms with E-state index in [9.17, 15) is 10.2 Å². The zero-order valence-corrected chi connectivity index (χ0v) is 29.2. The number of hydrogen-bond acceptors (Lipinski definition) is 11. The number of likely N-dealkylation sites (tertiary alicyclic amines) is 1. The zero-order chi connectivity index (χ0) is 35.3. The fourth-order valence-corrected chi connectivity index (χ4v) is 8.96. The summed E-state index contributed by atoms with van der Waals surface area (Å²) in [7, 11) is 1.41. The van der Waals surface area contributed by atoms with Crippen molar-refractivity contribution in [1.82, 2.24) is 19.9 Å². The third-order valence-corrected chi connectivity index (χ3v) is 11.2. The second-order valence-corrected chi connectivity index (χ2v) is 15.0. The van der Waals surface area contributed by atoms with Gasteiger partial charge in [-0.2, -0.15) is 9.97 Å². The molecule has 0 spiro atoms. The molecule has 0 amide bonds. The van der Waals surface area contributed by atoms with Gasteiger partial charge in [-0.3, -0.25) is 4.90 Å². The number of ether oxygens (including phenoxy) is 4. The first kappa shape index (κ1) is 34.2. The van der Waals surface area contributed by atoms with Crippen molar-refractivity contribution in [3.05, 3.63) is 42.0 Å². The van der Waals surface area contributed by atoms with Crippen molar-refractivity contribution in [3.8, 4) is 28.9 Å². The number of piperidine rings is 1. The number of aliphatic hydroxyl groups is 1. The Morgan fingerprint density at radius 1 is 1.02 bits per heavy atom. The van der Waals surface area contributed by atoms with E-state index in [1.807, 2.05) is 4.90 Å². The normalized spacial score (nSPS) is 27.2. The van der Waals surface area contributed by atoms with Gasteiger partial charge in [-0.15, -0.1) is 0 Å². The summed E-state index contributed by atoms with van der Waals surface area (Å²) in [5.74, 6) is -0.763. The van der Waals surface area contributed by atoms with Gasteiger partial charge in [0.25, 0.3) is 0 Å². The first-order valence-corrected chi connectivity index (χ1v) is 18.0. The van der Waals surface area contributed by atoms with E-state index in [0.29, 0.717) is 37.1 Å². The maximum atomic E-state index is 17.1. The molecule has 2 aromatic heterocycles. The number of β-amino-alcohol motifs (C(OH)–C–C–N with tert-alkyl or cyclic N) is 1. The van der Waals surface area contributed by atoms with E-state index in [1.54, 1.807) is 13.0 Å². The highest BCUT2D eigenvalue weighted by Crippen LogP contribution is 2.49. The molecule has 5 heterocycles. The highest BCUT2D eigenvalue weighted by molar-refractivity contribution is 6.02. The summed E-state index contributed by atoms with van der Waals surface area (Å²) >= 11 is 0. The summed E-state index contributed by atoms with van der Waals surface area (Å²) in [6, 6.07) is 7.51. The highest BCUT2D eigenvalue weighted by Gasteiger charge is 2.49. The van der Waals surface area contributed by atoms with Crippen molar-refractivity contribution in [2.24, 2.45) is 11.3 Å². The van der Waals surface area contributed by atoms with Crippen molar-refractivity contribution in [1.29, 1.82) is 0 Å². The molecular formula is C38H45F2N5O6. The minimum atomic E-state index is -1.22. The average molecular weight is 706 g/mol. The second-order valence-electron chi connectivity index (χ2n) is 15.0. The molecule has 4 atom stereocenters. The summed E-state index contributed by atoms with van der Waals surface area (Å²) in [6.07, 6.45) is 6.40. The molecule has 13 heteroatoms. The van der Waals surface area contributed by atoms with Gasteiger partial charge in [0, 0.05) is 42.1 Å². The molecular weight excluding hydrogens is 660 g/mol. The van der Waals surface area contributed by atoms with E-state index >= 15 is 8.78 Å². The van der Waals surface area contributed by atoms with E-state index in [0.717, 1.165) is 64.8 Å². The summed E-state index contributed by atoms with van der Waals surface area (Å²) < 4.78 is 56.1. The third-order valence-electron chi connectivity index (χ3n) is 11.2. The number of fused-ring (bicyclic) bond motifs is 3. The Morgan fingerprint density at radius 3 is 2.71 bits per heavy atom. The van der Waals surface area contributed by atoms with Crippen molar-refractivity contribution in [2.45, 2.75) is 57.1 Å². The third kappa shape index (κ3) is 6.42. The quantitative estimate of drug-likeness (QED) is 0.243. The van der Waals surface area contributed by atoms with Gasteiger partial charge in [-0.05, 0) is 75.1 Å². The van der Waals surface area contributed by atoms with E-state index in [-0.39, 0.29) is 69.6 Å². The lowest BCUT2D eigenvalue weighted by Gasteiger charge is -2.46. The largest absolute Gasteiger partial charge is 0.508 e. The summed E-state index contributed by atoms with van der Waals surface area (Å²) in [5, 5.41) is 22.4. The number of benzene rings is 2. The van der Waals surface area contributed by atoms with Gasteiger partial charge in [0.05, 0.1) is 40.1 Å². The van der Waals surface area contributed by atoms with Crippen LogP contribution in [-0.2, 0) is 9.47 Å². The van der Waals surface area contributed by atoms with Crippen LogP contribution in [0.2, 0.25) is 0 Å². The molecule has 1 aliphatic carbocycles. The van der Waals surface area contributed by atoms with Crippen LogP contribution >= 0.6 is 0 Å². The maximum Gasteiger partial charge on any atom is 0.319 e. The van der Waals surface area contributed by atoms with Crippen LogP contribution in [0.4, 0.5) is 14.6 Å². The van der Waals surface area contributed by atoms with Crippen molar-refractivity contribution in [2.75, 3.05) is 71.2 Å². The SMILES string of the molecule is COc1nc(-c2cc(O)cc3cccc(F)c23)c(F)c2nc(OC[C@]34CCC[C@H]3N(CC3CCOC3)CCC4)nc(N3CCOC[C@@](C)(O)C3)c12. The maximum absolute atomic E-state index is 17.1. The number of rotatable bonds is 8. The zero-order valence-electron chi connectivity index (χ0n) is 29.2. The molecule has 1 saturated carbocycles. The first-order chi connectivity index (χ1) is 24.6. The summed E-state index contributed by atoms with van der Waals surface area (Å²) in [5.41, 5.74) is -1.62. The second kappa shape index (κ2) is 13.6. The molecule has 8 rings (SSSR count). The lowest BCUT2D eigenvalue weighted by molar-refractivity contribution is -0.0123. The van der Waals surface area contributed by atoms with Crippen LogP contribution in [0.5, 0.6) is 17.6 Å². The van der Waals surface area contributed by atoms with Crippen molar-refractivity contribution < 1.29 is 37.9 Å². The number of anilines is 1. The number of pyridine rings is 1. The number of methoxy groups -OCH3 is 1. The number of phenols is 1. The molecule has 3 aliphatic heterocycles. The molecule has 0 bridgehead atoms. The lowest BCUT2D eigenvalue weighted by atomic mass is 9.75. The molecule has 51 heavy (non-hydrogen) atoms. The van der Waals surface area contributed by atoms with Crippen LogP contribution in [0.15, 0.2) is 30.3 Å². The first-order valence-electron chi connectivity index (χ1n) is 18.0. The van der Waals surface area contributed by atoms with E-state index in [4.69, 9.17) is 23.9 Å². The smallest absolute Gasteiger partial charge is 0.319 e.